The summed E-state index contributed by atoms with van der Waals surface area (Å²) in [6.45, 7) is 0. The normalized spacial score (nSPS) is 14.5. The summed E-state index contributed by atoms with van der Waals surface area (Å²) >= 11 is 6.91. The number of carbonyl (C=O) groups is 1. The van der Waals surface area contributed by atoms with Crippen molar-refractivity contribution in [3.8, 4) is 22.3 Å². The molecular weight excluding hydrogens is 752 g/mol. The second-order valence-corrected chi connectivity index (χ2v) is 11.8. The van der Waals surface area contributed by atoms with Gasteiger partial charge < -0.3 is 22.1 Å². The molecule has 0 aliphatic heterocycles. The van der Waals surface area contributed by atoms with Crippen LogP contribution in [0.3, 0.4) is 0 Å². The van der Waals surface area contributed by atoms with Gasteiger partial charge in [-0.15, -0.1) is 0 Å². The molecule has 1 atom stereocenters. The van der Waals surface area contributed by atoms with Crippen LogP contribution in [0.25, 0.3) is 22.3 Å². The second kappa shape index (κ2) is 15.0. The Bertz CT molecular complexity index is 1870. The van der Waals surface area contributed by atoms with Gasteiger partial charge in [0.1, 0.15) is 5.60 Å². The Kier molecular flexibility index (Phi) is 11.6. The van der Waals surface area contributed by atoms with Gasteiger partial charge in [0, 0.05) is 31.2 Å². The number of aliphatic hydroxyl groups is 1. The van der Waals surface area contributed by atoms with Crippen molar-refractivity contribution in [3.05, 3.63) is 188 Å². The molecule has 0 fully saturated rings. The van der Waals surface area contributed by atoms with E-state index >= 15 is 0 Å². The Hall–Kier alpha value is -2.84. The Balaban J connectivity index is 0.000000168. The monoisotopic (exact) mass is 774 g/mol. The first-order valence-electron chi connectivity index (χ1n) is 13.5. The fraction of sp³-hybridized carbons (Fsp3) is 0.0263. The van der Waals surface area contributed by atoms with Crippen molar-refractivity contribution in [3.63, 3.8) is 0 Å². The Labute approximate surface area is 301 Å². The smallest absolute Gasteiger partial charge is 1.00 e. The number of hydrogen-bond acceptors (Lipinski definition) is 2. The summed E-state index contributed by atoms with van der Waals surface area (Å²) in [4.78, 5) is 12.0. The van der Waals surface area contributed by atoms with E-state index in [9.17, 15) is 9.90 Å². The number of benzene rings is 6. The van der Waals surface area contributed by atoms with E-state index in [1.54, 1.807) is 0 Å². The van der Waals surface area contributed by atoms with Crippen molar-refractivity contribution < 1.29 is 26.9 Å². The average molecular weight is 778 g/mol. The standard InChI is InChI=1S/C19H13BrO.C13H7BrO.C6H5.BrH.Mg/c20-14-10-11-16-15-8-4-5-9-17(15)19(21,18(16)12-14)13-6-2-1-3-7-13;14-8-5-6-10-9-3-1-2-4-11(9)13(15)12(10)7-8;1-2-4-6-5-3-1;;/h1-12,21H;1-7H;1-5H;1H;/q;;-1;;+2/p-1. The van der Waals surface area contributed by atoms with Gasteiger partial charge >= 0.3 is 23.1 Å². The first-order valence-corrected chi connectivity index (χ1v) is 15.1. The molecule has 1 unspecified atom stereocenters. The fourth-order valence-corrected chi connectivity index (χ4v) is 6.28. The molecule has 0 saturated carbocycles. The van der Waals surface area contributed by atoms with E-state index in [0.717, 1.165) is 59.0 Å². The molecule has 2 aliphatic rings. The first kappa shape index (κ1) is 34.0. The topological polar surface area (TPSA) is 37.3 Å². The second-order valence-electron chi connectivity index (χ2n) is 9.95. The Morgan fingerprint density at radius 2 is 1.02 bits per heavy atom. The molecule has 0 bridgehead atoms. The van der Waals surface area contributed by atoms with Crippen LogP contribution >= 0.6 is 31.9 Å². The average Bonchev–Trinajstić information content (AvgIpc) is 3.47. The number of fused-ring (bicyclic) bond motifs is 6. The number of carbonyl (C=O) groups excluding carboxylic acids is 1. The molecule has 212 valence electrons. The van der Waals surface area contributed by atoms with Crippen molar-refractivity contribution in [2.45, 2.75) is 5.60 Å². The number of halogens is 3. The maximum absolute atomic E-state index is 12.0. The van der Waals surface area contributed by atoms with Crippen LogP contribution in [0.2, 0.25) is 0 Å². The van der Waals surface area contributed by atoms with Gasteiger partial charge in [0.15, 0.2) is 5.78 Å². The summed E-state index contributed by atoms with van der Waals surface area (Å²) in [5.41, 5.74) is 7.59. The molecule has 0 saturated heterocycles. The van der Waals surface area contributed by atoms with E-state index in [1.165, 1.54) is 0 Å². The van der Waals surface area contributed by atoms with Gasteiger partial charge in [0.25, 0.3) is 0 Å². The molecule has 6 aromatic rings. The summed E-state index contributed by atoms with van der Waals surface area (Å²) in [6, 6.07) is 50.1. The van der Waals surface area contributed by atoms with Crippen molar-refractivity contribution in [2.24, 2.45) is 0 Å². The van der Waals surface area contributed by atoms with Gasteiger partial charge in [0.2, 0.25) is 0 Å². The zero-order valence-corrected chi connectivity index (χ0v) is 29.7. The van der Waals surface area contributed by atoms with E-state index < -0.39 is 5.60 Å². The molecule has 6 aromatic carbocycles. The van der Waals surface area contributed by atoms with Crippen LogP contribution in [0.1, 0.15) is 32.6 Å². The molecule has 0 heterocycles. The van der Waals surface area contributed by atoms with Gasteiger partial charge in [-0.3, -0.25) is 4.79 Å². The molecule has 2 aliphatic carbocycles. The maximum atomic E-state index is 12.0. The van der Waals surface area contributed by atoms with Crippen LogP contribution in [0, 0.1) is 6.07 Å². The van der Waals surface area contributed by atoms with E-state index in [0.29, 0.717) is 0 Å². The SMILES string of the molecule is O=C1c2ccccc2-c2ccc(Br)cc21.OC1(c2ccccc2)c2ccccc2-c2ccc(Br)cc21.[Br-].[Mg+2].[c-]1ccccc1. The van der Waals surface area contributed by atoms with E-state index in [2.05, 4.69) is 50.1 Å². The molecule has 0 radical (unpaired) electrons. The molecule has 0 amide bonds. The molecule has 8 rings (SSSR count). The van der Waals surface area contributed by atoms with Crippen molar-refractivity contribution in [1.29, 1.82) is 0 Å². The van der Waals surface area contributed by atoms with Gasteiger partial charge in [-0.05, 0) is 52.1 Å². The third kappa shape index (κ3) is 6.57. The molecule has 44 heavy (non-hydrogen) atoms. The van der Waals surface area contributed by atoms with Gasteiger partial charge in [-0.1, -0.05) is 123 Å². The van der Waals surface area contributed by atoms with Crippen LogP contribution in [-0.2, 0) is 5.60 Å². The Morgan fingerprint density at radius 3 is 1.66 bits per heavy atom. The minimum absolute atomic E-state index is 0. The summed E-state index contributed by atoms with van der Waals surface area (Å²) in [5.74, 6) is 0.127. The zero-order chi connectivity index (χ0) is 29.1. The quantitative estimate of drug-likeness (QED) is 0.153. The van der Waals surface area contributed by atoms with Crippen molar-refractivity contribution >= 4 is 60.7 Å². The number of rotatable bonds is 1. The van der Waals surface area contributed by atoms with Crippen LogP contribution in [0.4, 0.5) is 0 Å². The third-order valence-corrected chi connectivity index (χ3v) is 8.45. The van der Waals surface area contributed by atoms with Gasteiger partial charge in [-0.2, -0.15) is 36.4 Å². The third-order valence-electron chi connectivity index (χ3n) is 7.47. The Morgan fingerprint density at radius 1 is 0.523 bits per heavy atom. The van der Waals surface area contributed by atoms with Gasteiger partial charge in [0.05, 0.1) is 0 Å². The largest absolute Gasteiger partial charge is 2.00 e. The summed E-state index contributed by atoms with van der Waals surface area (Å²) in [7, 11) is 0. The number of hydrogen-bond donors (Lipinski definition) is 1. The summed E-state index contributed by atoms with van der Waals surface area (Å²) in [6.07, 6.45) is 0. The zero-order valence-electron chi connectivity index (χ0n) is 23.6. The van der Waals surface area contributed by atoms with E-state index in [1.807, 2.05) is 133 Å². The van der Waals surface area contributed by atoms with Crippen molar-refractivity contribution in [1.82, 2.24) is 0 Å². The van der Waals surface area contributed by atoms with Crippen LogP contribution in [0.15, 0.2) is 155 Å². The van der Waals surface area contributed by atoms with Crippen LogP contribution < -0.4 is 17.0 Å². The minimum atomic E-state index is -1.09. The molecule has 2 nitrogen and oxygen atoms in total. The number of ketones is 1. The minimum Gasteiger partial charge on any atom is -1.00 e. The van der Waals surface area contributed by atoms with Gasteiger partial charge in [-0.25, -0.2) is 0 Å². The summed E-state index contributed by atoms with van der Waals surface area (Å²) < 4.78 is 1.92. The molecule has 1 N–H and O–H groups in total. The first-order chi connectivity index (χ1) is 20.5. The predicted octanol–water partition coefficient (Wildman–Crippen LogP) is 6.48. The summed E-state index contributed by atoms with van der Waals surface area (Å²) in [5, 5.41) is 11.6. The van der Waals surface area contributed by atoms with E-state index in [4.69, 9.17) is 0 Å². The van der Waals surface area contributed by atoms with E-state index in [-0.39, 0.29) is 45.8 Å². The van der Waals surface area contributed by atoms with Crippen molar-refractivity contribution in [2.75, 3.05) is 0 Å². The molecule has 0 aromatic heterocycles. The van der Waals surface area contributed by atoms with Crippen LogP contribution in [-0.4, -0.2) is 33.9 Å². The predicted molar refractivity (Wildman–Crippen MR) is 182 cm³/mol. The molecular formula is C38H25Br3MgO2. The fourth-order valence-electron chi connectivity index (χ4n) is 5.56. The maximum Gasteiger partial charge on any atom is 2.00 e. The molecule has 6 heteroatoms. The van der Waals surface area contributed by atoms with Crippen LogP contribution in [0.5, 0.6) is 0 Å². The molecule has 0 spiro atoms.